The third-order valence-electron chi connectivity index (χ3n) is 12.9. The lowest BCUT2D eigenvalue weighted by Gasteiger charge is -2.70. The molecule has 0 spiro atoms. The average Bonchev–Trinajstić information content (AvgIpc) is 2.99. The van der Waals surface area contributed by atoms with Crippen LogP contribution in [0.3, 0.4) is 0 Å². The molecular weight excluding hydrogens is 360 g/mol. The first-order chi connectivity index (χ1) is 13.9. The fourth-order valence-corrected chi connectivity index (χ4v) is 11.3. The van der Waals surface area contributed by atoms with Gasteiger partial charge in [-0.3, -0.25) is 0 Å². The lowest BCUT2D eigenvalue weighted by atomic mass is 9.34. The van der Waals surface area contributed by atoms with Crippen molar-refractivity contribution in [1.29, 1.82) is 0 Å². The number of hydrogen-bond acceptors (Lipinski definition) is 0. The molecule has 0 aromatic carbocycles. The Labute approximate surface area is 188 Å². The number of rotatable bonds is 1. The average molecular weight is 411 g/mol. The van der Waals surface area contributed by atoms with Crippen LogP contribution in [-0.2, 0) is 0 Å². The quantitative estimate of drug-likeness (QED) is 0.378. The summed E-state index contributed by atoms with van der Waals surface area (Å²) in [5, 5.41) is 0. The van der Waals surface area contributed by atoms with Gasteiger partial charge in [0.25, 0.3) is 0 Å². The van der Waals surface area contributed by atoms with E-state index in [1.54, 1.807) is 0 Å². The first-order valence-electron chi connectivity index (χ1n) is 13.6. The van der Waals surface area contributed by atoms with Gasteiger partial charge in [0.05, 0.1) is 0 Å². The Balaban J connectivity index is 1.58. The fourth-order valence-electron chi connectivity index (χ4n) is 11.3. The zero-order valence-electron chi connectivity index (χ0n) is 21.6. The second kappa shape index (κ2) is 6.41. The molecule has 4 unspecified atom stereocenters. The highest BCUT2D eigenvalue weighted by molar-refractivity contribution is 5.38. The monoisotopic (exact) mass is 410 g/mol. The van der Waals surface area contributed by atoms with Crippen LogP contribution in [0.5, 0.6) is 0 Å². The summed E-state index contributed by atoms with van der Waals surface area (Å²) in [6, 6.07) is 0. The van der Waals surface area contributed by atoms with Crippen molar-refractivity contribution >= 4 is 0 Å². The Morgan fingerprint density at radius 3 is 2.10 bits per heavy atom. The Hall–Kier alpha value is -0.260. The van der Waals surface area contributed by atoms with Gasteiger partial charge in [-0.15, -0.1) is 0 Å². The molecule has 0 heteroatoms. The molecule has 0 amide bonds. The molecular formula is C30H50. The molecule has 0 aromatic rings. The summed E-state index contributed by atoms with van der Waals surface area (Å²) in [5.41, 5.74) is 6.57. The van der Waals surface area contributed by atoms with E-state index in [0.29, 0.717) is 27.1 Å². The standard InChI is InChI=1S/C30H50/c1-20(2)21-10-11-22-23-12-13-25-28(6)16-9-15-26(3,4)24(28)14-17-30(25,8)29(23,7)19-18-27(21,22)5/h20-21,24-25H,9-19H2,1-8H3/t21-,24?,25?,27?,28+,29?,30-/m1/s1. The van der Waals surface area contributed by atoms with Gasteiger partial charge in [0, 0.05) is 0 Å². The molecule has 4 saturated carbocycles. The maximum atomic E-state index is 2.78. The van der Waals surface area contributed by atoms with Gasteiger partial charge in [0.2, 0.25) is 0 Å². The molecule has 0 bridgehead atoms. The lowest BCUT2D eigenvalue weighted by molar-refractivity contribution is -0.179. The zero-order chi connectivity index (χ0) is 21.7. The van der Waals surface area contributed by atoms with Crippen LogP contribution in [-0.4, -0.2) is 0 Å². The van der Waals surface area contributed by atoms with E-state index in [1.807, 2.05) is 11.1 Å². The summed E-state index contributed by atoms with van der Waals surface area (Å²) in [6.07, 6.45) is 16.1. The summed E-state index contributed by atoms with van der Waals surface area (Å²) >= 11 is 0. The molecule has 7 atom stereocenters. The predicted octanol–water partition coefficient (Wildman–Crippen LogP) is 9.20. The molecule has 5 aliphatic rings. The van der Waals surface area contributed by atoms with Crippen molar-refractivity contribution in [3.05, 3.63) is 11.1 Å². The first-order valence-corrected chi connectivity index (χ1v) is 13.6. The van der Waals surface area contributed by atoms with E-state index < -0.39 is 0 Å². The zero-order valence-corrected chi connectivity index (χ0v) is 21.6. The minimum Gasteiger partial charge on any atom is -0.0642 e. The molecule has 0 N–H and O–H groups in total. The molecule has 0 saturated heterocycles. The van der Waals surface area contributed by atoms with Crippen molar-refractivity contribution in [2.24, 2.45) is 50.7 Å². The van der Waals surface area contributed by atoms with E-state index in [2.05, 4.69) is 55.4 Å². The summed E-state index contributed by atoms with van der Waals surface area (Å²) in [4.78, 5) is 0. The third-order valence-corrected chi connectivity index (χ3v) is 12.9. The second-order valence-electron chi connectivity index (χ2n) is 14.5. The van der Waals surface area contributed by atoms with E-state index in [-0.39, 0.29) is 0 Å². The Morgan fingerprint density at radius 1 is 0.700 bits per heavy atom. The van der Waals surface area contributed by atoms with E-state index >= 15 is 0 Å². The molecule has 0 aromatic heterocycles. The summed E-state index contributed by atoms with van der Waals surface area (Å²) < 4.78 is 0. The van der Waals surface area contributed by atoms with Gasteiger partial charge in [0.15, 0.2) is 0 Å². The Bertz CT molecular complexity index is 754. The van der Waals surface area contributed by atoms with E-state index in [0.717, 1.165) is 23.7 Å². The SMILES string of the molecule is CC(C)[C@H]1CCC2=C3CCC4[C@@]5(C)CCCC(C)(C)C5CC[C@@]4(C)C3(C)CCC21C. The molecule has 4 fully saturated rings. The van der Waals surface area contributed by atoms with Crippen molar-refractivity contribution in [2.75, 3.05) is 0 Å². The minimum atomic E-state index is 0.464. The largest absolute Gasteiger partial charge is 0.0642 e. The number of allylic oxidation sites excluding steroid dienone is 2. The normalized spacial score (nSPS) is 52.5. The van der Waals surface area contributed by atoms with Gasteiger partial charge < -0.3 is 0 Å². The van der Waals surface area contributed by atoms with E-state index in [1.165, 1.54) is 70.6 Å². The molecule has 0 nitrogen and oxygen atoms in total. The number of hydrogen-bond donors (Lipinski definition) is 0. The lowest BCUT2D eigenvalue weighted by Crippen LogP contribution is -2.62. The van der Waals surface area contributed by atoms with Crippen LogP contribution in [0, 0.1) is 50.7 Å². The predicted molar refractivity (Wildman–Crippen MR) is 129 cm³/mol. The van der Waals surface area contributed by atoms with Crippen molar-refractivity contribution < 1.29 is 0 Å². The Morgan fingerprint density at radius 2 is 1.40 bits per heavy atom. The highest BCUT2D eigenvalue weighted by Crippen LogP contribution is 2.75. The Kier molecular flexibility index (Phi) is 4.61. The van der Waals surface area contributed by atoms with Gasteiger partial charge in [-0.2, -0.15) is 0 Å². The fraction of sp³-hybridized carbons (Fsp3) is 0.933. The highest BCUT2D eigenvalue weighted by Gasteiger charge is 2.66. The first kappa shape index (κ1) is 21.6. The molecule has 0 radical (unpaired) electrons. The van der Waals surface area contributed by atoms with Crippen molar-refractivity contribution in [1.82, 2.24) is 0 Å². The van der Waals surface area contributed by atoms with Crippen LogP contribution in [0.2, 0.25) is 0 Å². The summed E-state index contributed by atoms with van der Waals surface area (Å²) in [6.45, 7) is 21.1. The van der Waals surface area contributed by atoms with Crippen LogP contribution < -0.4 is 0 Å². The molecule has 5 aliphatic carbocycles. The van der Waals surface area contributed by atoms with Gasteiger partial charge in [-0.25, -0.2) is 0 Å². The molecule has 170 valence electrons. The summed E-state index contributed by atoms with van der Waals surface area (Å²) in [5.74, 6) is 3.63. The topological polar surface area (TPSA) is 0 Å². The van der Waals surface area contributed by atoms with E-state index in [4.69, 9.17) is 0 Å². The second-order valence-corrected chi connectivity index (χ2v) is 14.5. The number of fused-ring (bicyclic) bond motifs is 6. The maximum Gasteiger partial charge on any atom is -0.00566 e. The minimum absolute atomic E-state index is 0.464. The maximum absolute atomic E-state index is 2.78. The van der Waals surface area contributed by atoms with Crippen molar-refractivity contribution in [3.63, 3.8) is 0 Å². The van der Waals surface area contributed by atoms with Gasteiger partial charge in [-0.1, -0.05) is 73.0 Å². The highest BCUT2D eigenvalue weighted by atomic mass is 14.7. The van der Waals surface area contributed by atoms with Crippen molar-refractivity contribution in [3.8, 4) is 0 Å². The van der Waals surface area contributed by atoms with Crippen LogP contribution >= 0.6 is 0 Å². The molecule has 5 rings (SSSR count). The smallest absolute Gasteiger partial charge is 0.00566 e. The summed E-state index contributed by atoms with van der Waals surface area (Å²) in [7, 11) is 0. The van der Waals surface area contributed by atoms with Crippen LogP contribution in [0.15, 0.2) is 11.1 Å². The van der Waals surface area contributed by atoms with Gasteiger partial charge in [-0.05, 0) is 115 Å². The van der Waals surface area contributed by atoms with Gasteiger partial charge >= 0.3 is 0 Å². The van der Waals surface area contributed by atoms with E-state index in [9.17, 15) is 0 Å². The molecule has 0 aliphatic heterocycles. The van der Waals surface area contributed by atoms with Crippen LogP contribution in [0.25, 0.3) is 0 Å². The molecule has 0 heterocycles. The third kappa shape index (κ3) is 2.46. The molecule has 30 heavy (non-hydrogen) atoms. The van der Waals surface area contributed by atoms with Crippen molar-refractivity contribution in [2.45, 2.75) is 126 Å². The van der Waals surface area contributed by atoms with Crippen LogP contribution in [0.4, 0.5) is 0 Å². The van der Waals surface area contributed by atoms with Gasteiger partial charge in [0.1, 0.15) is 0 Å². The van der Waals surface area contributed by atoms with Crippen LogP contribution in [0.1, 0.15) is 126 Å².